The quantitative estimate of drug-likeness (QED) is 0.781. The molecule has 1 rings (SSSR count). The van der Waals surface area contributed by atoms with Gasteiger partial charge in [-0.15, -0.1) is 0 Å². The molecule has 0 saturated carbocycles. The van der Waals surface area contributed by atoms with Crippen molar-refractivity contribution in [3.8, 4) is 5.88 Å². The van der Waals surface area contributed by atoms with Crippen LogP contribution in [0.25, 0.3) is 0 Å². The first-order valence-corrected chi connectivity index (χ1v) is 5.39. The van der Waals surface area contributed by atoms with Gasteiger partial charge in [0, 0.05) is 25.4 Å². The number of hydrogen-bond acceptors (Lipinski definition) is 4. The first kappa shape index (κ1) is 13.4. The summed E-state index contributed by atoms with van der Waals surface area (Å²) in [4.78, 5) is 14.9. The van der Waals surface area contributed by atoms with Crippen molar-refractivity contribution >= 4 is 5.97 Å². The lowest BCUT2D eigenvalue weighted by molar-refractivity contribution is -0.146. The Morgan fingerprint density at radius 2 is 2.24 bits per heavy atom. The molecule has 0 unspecified atom stereocenters. The third-order valence-corrected chi connectivity index (χ3v) is 2.48. The second-order valence-corrected chi connectivity index (χ2v) is 4.50. The predicted octanol–water partition coefficient (Wildman–Crippen LogP) is 1.29. The fraction of sp³-hybridized carbons (Fsp3) is 0.500. The van der Waals surface area contributed by atoms with E-state index in [-0.39, 0.29) is 0 Å². The van der Waals surface area contributed by atoms with Gasteiger partial charge in [0.1, 0.15) is 0 Å². The molecule has 17 heavy (non-hydrogen) atoms. The summed E-state index contributed by atoms with van der Waals surface area (Å²) in [7, 11) is 1.57. The molecule has 94 valence electrons. The van der Waals surface area contributed by atoms with E-state index < -0.39 is 11.4 Å². The van der Waals surface area contributed by atoms with Crippen molar-refractivity contribution in [1.29, 1.82) is 0 Å². The van der Waals surface area contributed by atoms with E-state index in [2.05, 4.69) is 10.3 Å². The van der Waals surface area contributed by atoms with Gasteiger partial charge in [0.15, 0.2) is 0 Å². The molecule has 0 aliphatic rings. The highest BCUT2D eigenvalue weighted by molar-refractivity contribution is 5.73. The van der Waals surface area contributed by atoms with Crippen LogP contribution in [-0.4, -0.2) is 29.7 Å². The van der Waals surface area contributed by atoms with Gasteiger partial charge in [0.2, 0.25) is 5.88 Å². The van der Waals surface area contributed by atoms with Crippen molar-refractivity contribution in [2.75, 3.05) is 13.7 Å². The van der Waals surface area contributed by atoms with E-state index in [4.69, 9.17) is 9.84 Å². The second-order valence-electron chi connectivity index (χ2n) is 4.50. The summed E-state index contributed by atoms with van der Waals surface area (Å²) < 4.78 is 4.95. The summed E-state index contributed by atoms with van der Waals surface area (Å²) in [6.45, 7) is 4.38. The minimum Gasteiger partial charge on any atom is -0.481 e. The Labute approximate surface area is 101 Å². The highest BCUT2D eigenvalue weighted by Gasteiger charge is 2.26. The third-order valence-electron chi connectivity index (χ3n) is 2.48. The standard InChI is InChI=1S/C12H18N2O3/c1-12(2,11(15)16)8-13-6-9-4-5-10(17-3)14-7-9/h4-5,7,13H,6,8H2,1-3H3,(H,15,16). The molecule has 1 aromatic heterocycles. The summed E-state index contributed by atoms with van der Waals surface area (Å²) in [5.74, 6) is -0.238. The van der Waals surface area contributed by atoms with Gasteiger partial charge < -0.3 is 15.2 Å². The van der Waals surface area contributed by atoms with Crippen molar-refractivity contribution in [3.63, 3.8) is 0 Å². The molecular formula is C12H18N2O3. The molecule has 0 aliphatic heterocycles. The lowest BCUT2D eigenvalue weighted by atomic mass is 9.94. The van der Waals surface area contributed by atoms with E-state index in [0.29, 0.717) is 19.0 Å². The van der Waals surface area contributed by atoms with Crippen molar-refractivity contribution in [1.82, 2.24) is 10.3 Å². The highest BCUT2D eigenvalue weighted by atomic mass is 16.5. The van der Waals surface area contributed by atoms with Crippen molar-refractivity contribution in [3.05, 3.63) is 23.9 Å². The third kappa shape index (κ3) is 4.03. The molecule has 0 radical (unpaired) electrons. The minimum atomic E-state index is -0.808. The predicted molar refractivity (Wildman–Crippen MR) is 63.9 cm³/mol. The number of rotatable bonds is 6. The Bertz CT molecular complexity index is 374. The largest absolute Gasteiger partial charge is 0.481 e. The molecule has 0 atom stereocenters. The van der Waals surface area contributed by atoms with E-state index in [1.165, 1.54) is 0 Å². The number of aromatic nitrogens is 1. The lowest BCUT2D eigenvalue weighted by Crippen LogP contribution is -2.35. The Balaban J connectivity index is 2.43. The number of ether oxygens (including phenoxy) is 1. The van der Waals surface area contributed by atoms with E-state index in [9.17, 15) is 4.79 Å². The van der Waals surface area contributed by atoms with E-state index in [1.54, 1.807) is 33.2 Å². The highest BCUT2D eigenvalue weighted by Crippen LogP contribution is 2.13. The zero-order valence-electron chi connectivity index (χ0n) is 10.4. The Morgan fingerprint density at radius 1 is 1.53 bits per heavy atom. The molecule has 0 aliphatic carbocycles. The SMILES string of the molecule is COc1ccc(CNCC(C)(C)C(=O)O)cn1. The zero-order valence-corrected chi connectivity index (χ0v) is 10.4. The fourth-order valence-electron chi connectivity index (χ4n) is 1.23. The van der Waals surface area contributed by atoms with Crippen LogP contribution in [0.4, 0.5) is 0 Å². The van der Waals surface area contributed by atoms with E-state index in [1.807, 2.05) is 6.07 Å². The second kappa shape index (κ2) is 5.63. The number of carbonyl (C=O) groups is 1. The van der Waals surface area contributed by atoms with Crippen LogP contribution in [0.2, 0.25) is 0 Å². The van der Waals surface area contributed by atoms with Gasteiger partial charge in [0.25, 0.3) is 0 Å². The van der Waals surface area contributed by atoms with Crippen LogP contribution in [0.15, 0.2) is 18.3 Å². The number of nitrogens with zero attached hydrogens (tertiary/aromatic N) is 1. The van der Waals surface area contributed by atoms with Gasteiger partial charge in [-0.3, -0.25) is 4.79 Å². The van der Waals surface area contributed by atoms with Crippen LogP contribution in [0.3, 0.4) is 0 Å². The Hall–Kier alpha value is -1.62. The molecule has 0 spiro atoms. The molecule has 1 aromatic rings. The minimum absolute atomic E-state index is 0.411. The summed E-state index contributed by atoms with van der Waals surface area (Å²) in [5.41, 5.74) is 0.229. The van der Waals surface area contributed by atoms with Gasteiger partial charge in [-0.1, -0.05) is 6.07 Å². The van der Waals surface area contributed by atoms with Crippen LogP contribution in [0.1, 0.15) is 19.4 Å². The maximum absolute atomic E-state index is 10.9. The summed E-state index contributed by atoms with van der Waals surface area (Å²) in [5, 5.41) is 12.0. The smallest absolute Gasteiger partial charge is 0.310 e. The molecule has 1 heterocycles. The van der Waals surface area contributed by atoms with E-state index in [0.717, 1.165) is 5.56 Å². The summed E-state index contributed by atoms with van der Waals surface area (Å²) in [6, 6.07) is 3.67. The van der Waals surface area contributed by atoms with Crippen LogP contribution in [-0.2, 0) is 11.3 Å². The maximum atomic E-state index is 10.9. The monoisotopic (exact) mass is 238 g/mol. The first-order chi connectivity index (χ1) is 7.95. The van der Waals surface area contributed by atoms with Gasteiger partial charge >= 0.3 is 5.97 Å². The Morgan fingerprint density at radius 3 is 2.71 bits per heavy atom. The maximum Gasteiger partial charge on any atom is 0.310 e. The van der Waals surface area contributed by atoms with Crippen LogP contribution >= 0.6 is 0 Å². The number of methoxy groups -OCH3 is 1. The van der Waals surface area contributed by atoms with Crippen molar-refractivity contribution in [2.45, 2.75) is 20.4 Å². The number of carboxylic acids is 1. The van der Waals surface area contributed by atoms with Crippen molar-refractivity contribution in [2.24, 2.45) is 5.41 Å². The fourth-order valence-corrected chi connectivity index (χ4v) is 1.23. The van der Waals surface area contributed by atoms with Crippen molar-refractivity contribution < 1.29 is 14.6 Å². The van der Waals surface area contributed by atoms with Crippen LogP contribution in [0.5, 0.6) is 5.88 Å². The molecule has 2 N–H and O–H groups in total. The number of carboxylic acid groups (broad SMARTS) is 1. The summed E-state index contributed by atoms with van der Waals surface area (Å²) >= 11 is 0. The average molecular weight is 238 g/mol. The first-order valence-electron chi connectivity index (χ1n) is 5.39. The molecule has 5 nitrogen and oxygen atoms in total. The molecule has 0 fully saturated rings. The average Bonchev–Trinajstić information content (AvgIpc) is 2.29. The molecule has 0 saturated heterocycles. The van der Waals surface area contributed by atoms with Gasteiger partial charge in [-0.2, -0.15) is 0 Å². The molecule has 5 heteroatoms. The van der Waals surface area contributed by atoms with Gasteiger partial charge in [-0.25, -0.2) is 4.98 Å². The van der Waals surface area contributed by atoms with Crippen LogP contribution in [0, 0.1) is 5.41 Å². The molecule has 0 aromatic carbocycles. The number of pyridine rings is 1. The molecule has 0 bridgehead atoms. The van der Waals surface area contributed by atoms with E-state index >= 15 is 0 Å². The summed E-state index contributed by atoms with van der Waals surface area (Å²) in [6.07, 6.45) is 1.71. The normalized spacial score (nSPS) is 11.2. The zero-order chi connectivity index (χ0) is 12.9. The Kier molecular flexibility index (Phi) is 4.45. The lowest BCUT2D eigenvalue weighted by Gasteiger charge is -2.19. The molecule has 0 amide bonds. The number of nitrogens with one attached hydrogen (secondary N) is 1. The van der Waals surface area contributed by atoms with Gasteiger partial charge in [-0.05, 0) is 19.4 Å². The number of aliphatic carboxylic acids is 1. The molecular weight excluding hydrogens is 220 g/mol. The number of hydrogen-bond donors (Lipinski definition) is 2. The van der Waals surface area contributed by atoms with Gasteiger partial charge in [0.05, 0.1) is 12.5 Å². The topological polar surface area (TPSA) is 71.5 Å². The van der Waals surface area contributed by atoms with Crippen LogP contribution < -0.4 is 10.1 Å².